The lowest BCUT2D eigenvalue weighted by molar-refractivity contribution is -0.142. The van der Waals surface area contributed by atoms with Crippen molar-refractivity contribution in [2.24, 2.45) is 0 Å². The number of unbranched alkanes of at least 4 members (excludes halogenated alkanes) is 1. The molecular weight excluding hydrogens is 194 g/mol. The summed E-state index contributed by atoms with van der Waals surface area (Å²) in [4.78, 5) is 16.8. The third kappa shape index (κ3) is 6.44. The van der Waals surface area contributed by atoms with Crippen molar-refractivity contribution in [3.63, 3.8) is 0 Å². The molecule has 0 fully saturated rings. The fourth-order valence-corrected chi connectivity index (χ4v) is 0.785. The minimum Gasteiger partial charge on any atom is -0.352 e. The Bertz CT molecular complexity index is 217. The van der Waals surface area contributed by atoms with Crippen molar-refractivity contribution in [3.05, 3.63) is 12.2 Å². The van der Waals surface area contributed by atoms with Gasteiger partial charge in [-0.2, -0.15) is 0 Å². The number of nitrogens with one attached hydrogen (secondary N) is 1. The maximum absolute atomic E-state index is 10.9. The van der Waals surface area contributed by atoms with Crippen LogP contribution in [0.4, 0.5) is 0 Å². The van der Waals surface area contributed by atoms with E-state index in [2.05, 4.69) is 11.4 Å². The summed E-state index contributed by atoms with van der Waals surface area (Å²) in [5.74, 6) is -0.698. The first-order valence-electron chi connectivity index (χ1n) is 3.83. The minimum absolute atomic E-state index is 0.291. The summed E-state index contributed by atoms with van der Waals surface area (Å²) in [6, 6.07) is 0. The van der Waals surface area contributed by atoms with E-state index in [9.17, 15) is 9.00 Å². The van der Waals surface area contributed by atoms with Gasteiger partial charge in [0.2, 0.25) is 0 Å². The molecule has 0 aromatic heterocycles. The van der Waals surface area contributed by atoms with E-state index in [4.69, 9.17) is 4.55 Å². The Balaban J connectivity index is 3.70. The third-order valence-electron chi connectivity index (χ3n) is 1.33. The Morgan fingerprint density at radius 2 is 2.31 bits per heavy atom. The van der Waals surface area contributed by atoms with Crippen LogP contribution in [0.3, 0.4) is 0 Å². The van der Waals surface area contributed by atoms with Crippen LogP contribution in [0.15, 0.2) is 12.2 Å². The van der Waals surface area contributed by atoms with Gasteiger partial charge in [0.15, 0.2) is 0 Å². The first kappa shape index (κ1) is 12.3. The molecule has 5 nitrogen and oxygen atoms in total. The largest absolute Gasteiger partial charge is 0.353 e. The fourth-order valence-electron chi connectivity index (χ4n) is 0.638. The van der Waals surface area contributed by atoms with Crippen molar-refractivity contribution >= 4 is 17.2 Å². The molecule has 76 valence electrons. The average molecular weight is 207 g/mol. The van der Waals surface area contributed by atoms with Crippen molar-refractivity contribution in [3.8, 4) is 0 Å². The van der Waals surface area contributed by atoms with Crippen LogP contribution < -0.4 is 4.89 Å². The molecule has 13 heavy (non-hydrogen) atoms. The standard InChI is InChI=1S/C7H13NO4S/c1-3-4-5-6(2)7(9)12-8-13(10)11/h8H,2-5H2,1H3,(H,10,11). The van der Waals surface area contributed by atoms with E-state index >= 15 is 0 Å². The van der Waals surface area contributed by atoms with Gasteiger partial charge in [-0.1, -0.05) is 19.9 Å². The molecule has 0 aliphatic carbocycles. The molecule has 0 amide bonds. The summed E-state index contributed by atoms with van der Waals surface area (Å²) in [6.07, 6.45) is 2.33. The lowest BCUT2D eigenvalue weighted by Crippen LogP contribution is -2.22. The Labute approximate surface area is 79.5 Å². The van der Waals surface area contributed by atoms with Crippen LogP contribution in [-0.4, -0.2) is 14.7 Å². The molecule has 0 rings (SSSR count). The van der Waals surface area contributed by atoms with Crippen molar-refractivity contribution in [2.75, 3.05) is 0 Å². The second-order valence-electron chi connectivity index (χ2n) is 2.43. The van der Waals surface area contributed by atoms with Crippen LogP contribution in [0.5, 0.6) is 0 Å². The Morgan fingerprint density at radius 1 is 1.69 bits per heavy atom. The van der Waals surface area contributed by atoms with Gasteiger partial charge < -0.3 is 4.84 Å². The number of hydrogen-bond donors (Lipinski definition) is 2. The highest BCUT2D eigenvalue weighted by Crippen LogP contribution is 2.05. The number of carbonyl (C=O) groups is 1. The predicted molar refractivity (Wildman–Crippen MR) is 48.7 cm³/mol. The predicted octanol–water partition coefficient (Wildman–Crippen LogP) is 0.917. The van der Waals surface area contributed by atoms with Gasteiger partial charge in [0.1, 0.15) is 0 Å². The van der Waals surface area contributed by atoms with Crippen molar-refractivity contribution < 1.29 is 18.4 Å². The summed E-state index contributed by atoms with van der Waals surface area (Å²) in [5.41, 5.74) is 0.291. The molecule has 0 aliphatic heterocycles. The molecule has 2 N–H and O–H groups in total. The summed E-state index contributed by atoms with van der Waals surface area (Å²) >= 11 is -2.34. The lowest BCUT2D eigenvalue weighted by atomic mass is 10.1. The number of carbonyl (C=O) groups excluding carboxylic acids is 1. The molecule has 6 heteroatoms. The van der Waals surface area contributed by atoms with Gasteiger partial charge in [-0.3, -0.25) is 4.55 Å². The van der Waals surface area contributed by atoms with E-state index in [1.165, 1.54) is 0 Å². The van der Waals surface area contributed by atoms with Crippen molar-refractivity contribution in [1.29, 1.82) is 0 Å². The van der Waals surface area contributed by atoms with Gasteiger partial charge >= 0.3 is 5.97 Å². The zero-order valence-electron chi connectivity index (χ0n) is 7.41. The smallest absolute Gasteiger partial charge is 0.352 e. The second kappa shape index (κ2) is 6.76. The van der Waals surface area contributed by atoms with Gasteiger partial charge in [-0.25, -0.2) is 9.00 Å². The number of rotatable bonds is 6. The van der Waals surface area contributed by atoms with E-state index in [1.807, 2.05) is 6.92 Å². The van der Waals surface area contributed by atoms with Crippen LogP contribution in [0.1, 0.15) is 26.2 Å². The molecule has 1 atom stereocenters. The Hall–Kier alpha value is -0.720. The van der Waals surface area contributed by atoms with E-state index in [0.717, 1.165) is 12.8 Å². The summed E-state index contributed by atoms with van der Waals surface area (Å²) in [7, 11) is 0. The first-order chi connectivity index (χ1) is 6.07. The van der Waals surface area contributed by atoms with Crippen LogP contribution in [-0.2, 0) is 20.9 Å². The lowest BCUT2D eigenvalue weighted by Gasteiger charge is -2.03. The first-order valence-corrected chi connectivity index (χ1v) is 4.94. The zero-order chi connectivity index (χ0) is 10.3. The molecule has 0 aromatic rings. The molecule has 0 aliphatic rings. The molecule has 0 heterocycles. The second-order valence-corrected chi connectivity index (χ2v) is 3.09. The molecule has 0 aromatic carbocycles. The van der Waals surface area contributed by atoms with E-state index in [-0.39, 0.29) is 0 Å². The SMILES string of the molecule is C=C(CCCC)C(=O)ONS(=O)O. The average Bonchev–Trinajstić information content (AvgIpc) is 2.10. The molecular formula is C7H13NO4S. The van der Waals surface area contributed by atoms with Crippen LogP contribution in [0, 0.1) is 0 Å². The van der Waals surface area contributed by atoms with Gasteiger partial charge in [0, 0.05) is 5.57 Å². The van der Waals surface area contributed by atoms with E-state index in [1.54, 1.807) is 4.89 Å². The quantitative estimate of drug-likeness (QED) is 0.386. The summed E-state index contributed by atoms with van der Waals surface area (Å²) in [6.45, 7) is 5.46. The molecule has 0 saturated heterocycles. The summed E-state index contributed by atoms with van der Waals surface area (Å²) < 4.78 is 18.2. The maximum Gasteiger partial charge on any atom is 0.353 e. The van der Waals surface area contributed by atoms with E-state index in [0.29, 0.717) is 12.0 Å². The highest BCUT2D eigenvalue weighted by atomic mass is 32.2. The topological polar surface area (TPSA) is 75.6 Å². The molecule has 0 saturated carbocycles. The molecule has 1 unspecified atom stereocenters. The number of hydrogen-bond acceptors (Lipinski definition) is 3. The van der Waals surface area contributed by atoms with E-state index < -0.39 is 17.2 Å². The van der Waals surface area contributed by atoms with Gasteiger partial charge in [-0.15, -0.1) is 0 Å². The van der Waals surface area contributed by atoms with Gasteiger partial charge in [-0.05, 0) is 17.7 Å². The van der Waals surface area contributed by atoms with Crippen LogP contribution in [0.25, 0.3) is 0 Å². The molecule has 0 radical (unpaired) electrons. The van der Waals surface area contributed by atoms with Crippen LogP contribution in [0.2, 0.25) is 0 Å². The highest BCUT2D eigenvalue weighted by molar-refractivity contribution is 7.76. The highest BCUT2D eigenvalue weighted by Gasteiger charge is 2.08. The van der Waals surface area contributed by atoms with Gasteiger partial charge in [0.05, 0.1) is 0 Å². The normalized spacial score (nSPS) is 12.2. The fraction of sp³-hybridized carbons (Fsp3) is 0.571. The maximum atomic E-state index is 10.9. The molecule has 0 bridgehead atoms. The minimum atomic E-state index is -2.34. The zero-order valence-corrected chi connectivity index (χ0v) is 8.23. The third-order valence-corrected chi connectivity index (χ3v) is 1.55. The Kier molecular flexibility index (Phi) is 6.38. The molecule has 0 spiro atoms. The Morgan fingerprint density at radius 3 is 2.77 bits per heavy atom. The summed E-state index contributed by atoms with van der Waals surface area (Å²) in [5, 5.41) is 0. The van der Waals surface area contributed by atoms with Gasteiger partial charge in [0.25, 0.3) is 11.3 Å². The van der Waals surface area contributed by atoms with Crippen molar-refractivity contribution in [1.82, 2.24) is 4.89 Å². The van der Waals surface area contributed by atoms with Crippen molar-refractivity contribution in [2.45, 2.75) is 26.2 Å². The monoisotopic (exact) mass is 207 g/mol. The van der Waals surface area contributed by atoms with Crippen LogP contribution >= 0.6 is 0 Å².